The summed E-state index contributed by atoms with van der Waals surface area (Å²) in [6.07, 6.45) is 2.23. The topological polar surface area (TPSA) is 96.0 Å². The number of methoxy groups -OCH3 is 1. The molecule has 34 heavy (non-hydrogen) atoms. The molecule has 186 valence electrons. The summed E-state index contributed by atoms with van der Waals surface area (Å²) in [5, 5.41) is 2.86. The molecule has 0 radical (unpaired) electrons. The fourth-order valence-electron chi connectivity index (χ4n) is 3.65. The number of aryl methyl sites for hydroxylation is 1. The molecule has 0 unspecified atom stereocenters. The van der Waals surface area contributed by atoms with E-state index in [2.05, 4.69) is 5.32 Å². The number of benzene rings is 2. The molecule has 0 aromatic heterocycles. The van der Waals surface area contributed by atoms with Gasteiger partial charge in [0, 0.05) is 13.1 Å². The molecule has 2 aromatic carbocycles. The number of anilines is 1. The first kappa shape index (κ1) is 27.2. The largest absolute Gasteiger partial charge is 0.497 e. The summed E-state index contributed by atoms with van der Waals surface area (Å²) < 4.78 is 31.6. The first-order valence-corrected chi connectivity index (χ1v) is 13.2. The molecule has 2 rings (SSSR count). The van der Waals surface area contributed by atoms with E-state index in [9.17, 15) is 18.0 Å². The molecule has 0 aliphatic heterocycles. The van der Waals surface area contributed by atoms with Gasteiger partial charge < -0.3 is 15.0 Å². The first-order chi connectivity index (χ1) is 16.1. The van der Waals surface area contributed by atoms with Crippen LogP contribution in [0.5, 0.6) is 5.75 Å². The molecule has 2 amide bonds. The number of hydrogen-bond donors (Lipinski definition) is 1. The van der Waals surface area contributed by atoms with E-state index in [0.717, 1.165) is 28.1 Å². The number of amides is 2. The highest BCUT2D eigenvalue weighted by molar-refractivity contribution is 7.92. The maximum absolute atomic E-state index is 13.6. The van der Waals surface area contributed by atoms with Crippen LogP contribution in [0.15, 0.2) is 48.5 Å². The normalized spacial score (nSPS) is 12.0. The van der Waals surface area contributed by atoms with Gasteiger partial charge in [0.25, 0.3) is 0 Å². The summed E-state index contributed by atoms with van der Waals surface area (Å²) in [5.41, 5.74) is 1.97. The Hall–Kier alpha value is -3.07. The number of ether oxygens (including phenoxy) is 1. The van der Waals surface area contributed by atoms with Crippen LogP contribution in [0.3, 0.4) is 0 Å². The third kappa shape index (κ3) is 7.21. The third-order valence-electron chi connectivity index (χ3n) is 5.51. The van der Waals surface area contributed by atoms with Crippen molar-refractivity contribution in [2.45, 2.75) is 46.2 Å². The van der Waals surface area contributed by atoms with Crippen LogP contribution in [0.25, 0.3) is 0 Å². The molecule has 0 bridgehead atoms. The smallest absolute Gasteiger partial charge is 0.244 e. The van der Waals surface area contributed by atoms with Gasteiger partial charge in [-0.1, -0.05) is 44.2 Å². The Morgan fingerprint density at radius 1 is 1.06 bits per heavy atom. The summed E-state index contributed by atoms with van der Waals surface area (Å²) in [6.45, 7) is 5.83. The lowest BCUT2D eigenvalue weighted by Crippen LogP contribution is -2.52. The van der Waals surface area contributed by atoms with Crippen LogP contribution >= 0.6 is 0 Å². The highest BCUT2D eigenvalue weighted by atomic mass is 32.2. The Morgan fingerprint density at radius 2 is 1.71 bits per heavy atom. The van der Waals surface area contributed by atoms with Crippen molar-refractivity contribution >= 4 is 27.5 Å². The molecule has 0 heterocycles. The van der Waals surface area contributed by atoms with Crippen molar-refractivity contribution in [1.82, 2.24) is 10.2 Å². The van der Waals surface area contributed by atoms with Crippen LogP contribution in [0.4, 0.5) is 5.69 Å². The number of rotatable bonds is 12. The highest BCUT2D eigenvalue weighted by Gasteiger charge is 2.31. The van der Waals surface area contributed by atoms with E-state index in [1.54, 1.807) is 44.4 Å². The van der Waals surface area contributed by atoms with E-state index >= 15 is 0 Å². The molecule has 2 aromatic rings. The maximum Gasteiger partial charge on any atom is 0.244 e. The number of nitrogens with one attached hydrogen (secondary N) is 1. The number of nitrogens with zero attached hydrogens (tertiary/aromatic N) is 2. The molecular formula is C25H35N3O5S. The standard InChI is InChI=1S/C25H35N3O5S/c1-6-16-26-25(30)22(7-2)27(17-20-12-14-21(33-4)15-13-20)24(29)18-28(34(5,31)32)23-11-9-8-10-19(23)3/h8-15,22H,6-7,16-18H2,1-5H3,(H,26,30)/t22-/m1/s1. The van der Waals surface area contributed by atoms with Gasteiger partial charge in [-0.3, -0.25) is 13.9 Å². The molecule has 0 spiro atoms. The second kappa shape index (κ2) is 12.4. The SMILES string of the molecule is CCCNC(=O)[C@@H](CC)N(Cc1ccc(OC)cc1)C(=O)CN(c1ccccc1C)S(C)(=O)=O. The minimum absolute atomic E-state index is 0.159. The lowest BCUT2D eigenvalue weighted by molar-refractivity contribution is -0.140. The van der Waals surface area contributed by atoms with E-state index in [1.807, 2.05) is 32.0 Å². The molecule has 8 nitrogen and oxygen atoms in total. The van der Waals surface area contributed by atoms with Crippen LogP contribution in [-0.2, 0) is 26.2 Å². The molecule has 0 saturated carbocycles. The van der Waals surface area contributed by atoms with Crippen molar-refractivity contribution in [1.29, 1.82) is 0 Å². The first-order valence-electron chi connectivity index (χ1n) is 11.4. The van der Waals surface area contributed by atoms with Gasteiger partial charge in [0.2, 0.25) is 21.8 Å². The minimum Gasteiger partial charge on any atom is -0.497 e. The van der Waals surface area contributed by atoms with Crippen molar-refractivity contribution < 1.29 is 22.7 Å². The number of carbonyl (C=O) groups is 2. The lowest BCUT2D eigenvalue weighted by Gasteiger charge is -2.33. The number of carbonyl (C=O) groups excluding carboxylic acids is 2. The van der Waals surface area contributed by atoms with E-state index < -0.39 is 28.5 Å². The molecule has 0 aliphatic carbocycles. The van der Waals surface area contributed by atoms with Gasteiger partial charge in [-0.25, -0.2) is 8.42 Å². The van der Waals surface area contributed by atoms with E-state index in [0.29, 0.717) is 24.4 Å². The van der Waals surface area contributed by atoms with Crippen molar-refractivity contribution in [3.05, 3.63) is 59.7 Å². The lowest BCUT2D eigenvalue weighted by atomic mass is 10.1. The van der Waals surface area contributed by atoms with Gasteiger partial charge >= 0.3 is 0 Å². The average Bonchev–Trinajstić information content (AvgIpc) is 2.81. The van der Waals surface area contributed by atoms with Crippen LogP contribution in [-0.4, -0.2) is 57.6 Å². The summed E-state index contributed by atoms with van der Waals surface area (Å²) in [4.78, 5) is 28.0. The van der Waals surface area contributed by atoms with Gasteiger partial charge in [0.15, 0.2) is 0 Å². The third-order valence-corrected chi connectivity index (χ3v) is 6.64. The van der Waals surface area contributed by atoms with E-state index in [-0.39, 0.29) is 12.5 Å². The van der Waals surface area contributed by atoms with Crippen LogP contribution in [0, 0.1) is 6.92 Å². The fourth-order valence-corrected chi connectivity index (χ4v) is 4.56. The van der Waals surface area contributed by atoms with E-state index in [1.165, 1.54) is 4.90 Å². The van der Waals surface area contributed by atoms with Crippen molar-refractivity contribution in [2.24, 2.45) is 0 Å². The zero-order chi connectivity index (χ0) is 25.3. The quantitative estimate of drug-likeness (QED) is 0.494. The fraction of sp³-hybridized carbons (Fsp3) is 0.440. The zero-order valence-corrected chi connectivity index (χ0v) is 21.4. The monoisotopic (exact) mass is 489 g/mol. The Labute approximate surface area is 202 Å². The summed E-state index contributed by atoms with van der Waals surface area (Å²) in [5.74, 6) is -0.0341. The number of hydrogen-bond acceptors (Lipinski definition) is 5. The van der Waals surface area contributed by atoms with Crippen molar-refractivity contribution in [2.75, 3.05) is 30.8 Å². The van der Waals surface area contributed by atoms with Gasteiger partial charge in [-0.15, -0.1) is 0 Å². The molecule has 1 atom stereocenters. The van der Waals surface area contributed by atoms with Crippen LogP contribution in [0.2, 0.25) is 0 Å². The highest BCUT2D eigenvalue weighted by Crippen LogP contribution is 2.23. The predicted molar refractivity (Wildman–Crippen MR) is 134 cm³/mol. The molecule has 0 fully saturated rings. The second-order valence-corrected chi connectivity index (χ2v) is 10.0. The molecule has 1 N–H and O–H groups in total. The minimum atomic E-state index is -3.75. The van der Waals surface area contributed by atoms with Crippen molar-refractivity contribution in [3.63, 3.8) is 0 Å². The predicted octanol–water partition coefficient (Wildman–Crippen LogP) is 3.10. The van der Waals surface area contributed by atoms with Gasteiger partial charge in [-0.2, -0.15) is 0 Å². The van der Waals surface area contributed by atoms with Gasteiger partial charge in [0.05, 0.1) is 19.1 Å². The Morgan fingerprint density at radius 3 is 2.24 bits per heavy atom. The summed E-state index contributed by atoms with van der Waals surface area (Å²) in [6, 6.07) is 13.5. The number of para-hydroxylation sites is 1. The second-order valence-electron chi connectivity index (χ2n) is 8.14. The van der Waals surface area contributed by atoms with Crippen LogP contribution < -0.4 is 14.4 Å². The van der Waals surface area contributed by atoms with E-state index in [4.69, 9.17) is 4.74 Å². The van der Waals surface area contributed by atoms with Gasteiger partial charge in [-0.05, 0) is 49.1 Å². The Bertz CT molecular complexity index is 1070. The summed E-state index contributed by atoms with van der Waals surface area (Å²) in [7, 11) is -2.18. The van der Waals surface area contributed by atoms with Crippen molar-refractivity contribution in [3.8, 4) is 5.75 Å². The van der Waals surface area contributed by atoms with Crippen LogP contribution in [0.1, 0.15) is 37.8 Å². The molecular weight excluding hydrogens is 454 g/mol. The average molecular weight is 490 g/mol. The maximum atomic E-state index is 13.6. The van der Waals surface area contributed by atoms with Gasteiger partial charge in [0.1, 0.15) is 18.3 Å². The molecule has 0 aliphatic rings. The Balaban J connectivity index is 2.42. The molecule has 0 saturated heterocycles. The molecule has 9 heteroatoms. The number of sulfonamides is 1. The zero-order valence-electron chi connectivity index (χ0n) is 20.6. The Kier molecular flexibility index (Phi) is 9.92. The summed E-state index contributed by atoms with van der Waals surface area (Å²) >= 11 is 0.